The van der Waals surface area contributed by atoms with Gasteiger partial charge in [-0.25, -0.2) is 4.98 Å². The monoisotopic (exact) mass is 319 g/mol. The van der Waals surface area contributed by atoms with Crippen LogP contribution in [0.1, 0.15) is 18.4 Å². The molecule has 1 aromatic heterocycles. The first-order valence-electron chi connectivity index (χ1n) is 8.51. The Morgan fingerprint density at radius 1 is 1.08 bits per heavy atom. The van der Waals surface area contributed by atoms with Gasteiger partial charge in [-0.15, -0.1) is 0 Å². The zero-order valence-electron chi connectivity index (χ0n) is 13.6. The Kier molecular flexibility index (Phi) is 4.03. The van der Waals surface area contributed by atoms with Crippen molar-refractivity contribution in [3.05, 3.63) is 66.5 Å². The third-order valence-corrected chi connectivity index (χ3v) is 4.58. The van der Waals surface area contributed by atoms with Crippen molar-refractivity contribution in [1.82, 2.24) is 14.5 Å². The maximum Gasteiger partial charge on any atom is 0.242 e. The number of rotatable bonds is 6. The van der Waals surface area contributed by atoms with E-state index in [0.29, 0.717) is 19.0 Å². The van der Waals surface area contributed by atoms with Crippen molar-refractivity contribution >= 4 is 16.9 Å². The molecule has 0 aliphatic heterocycles. The molecule has 3 aromatic rings. The molecule has 4 rings (SSSR count). The lowest BCUT2D eigenvalue weighted by molar-refractivity contribution is -0.132. The number of imidazole rings is 1. The summed E-state index contributed by atoms with van der Waals surface area (Å²) >= 11 is 0. The summed E-state index contributed by atoms with van der Waals surface area (Å²) in [6.45, 7) is 1.89. The molecule has 4 nitrogen and oxygen atoms in total. The third kappa shape index (κ3) is 3.32. The largest absolute Gasteiger partial charge is 0.337 e. The maximum absolute atomic E-state index is 12.9. The lowest BCUT2D eigenvalue weighted by atomic mass is 10.2. The Bertz CT molecular complexity index is 836. The fraction of sp³-hybridized carbons (Fsp3) is 0.300. The van der Waals surface area contributed by atoms with E-state index in [1.165, 1.54) is 18.4 Å². The fourth-order valence-electron chi connectivity index (χ4n) is 3.05. The number of aromatic nitrogens is 2. The van der Waals surface area contributed by atoms with E-state index < -0.39 is 0 Å². The SMILES string of the molecule is O=C(Cn1cnc2ccccc21)N(Cc1ccccc1)CC1CC1. The summed E-state index contributed by atoms with van der Waals surface area (Å²) in [5.41, 5.74) is 3.13. The molecule has 0 unspecified atom stereocenters. The number of carbonyl (C=O) groups is 1. The molecule has 0 saturated heterocycles. The van der Waals surface area contributed by atoms with E-state index in [2.05, 4.69) is 17.1 Å². The lowest BCUT2D eigenvalue weighted by Gasteiger charge is -2.23. The van der Waals surface area contributed by atoms with E-state index in [4.69, 9.17) is 0 Å². The summed E-state index contributed by atoms with van der Waals surface area (Å²) in [7, 11) is 0. The third-order valence-electron chi connectivity index (χ3n) is 4.58. The molecule has 1 aliphatic rings. The normalized spacial score (nSPS) is 14.0. The van der Waals surface area contributed by atoms with Gasteiger partial charge < -0.3 is 9.47 Å². The Morgan fingerprint density at radius 3 is 2.62 bits per heavy atom. The topological polar surface area (TPSA) is 38.1 Å². The molecule has 0 N–H and O–H groups in total. The van der Waals surface area contributed by atoms with Crippen LogP contribution in [0.4, 0.5) is 0 Å². The summed E-state index contributed by atoms with van der Waals surface area (Å²) < 4.78 is 1.95. The van der Waals surface area contributed by atoms with E-state index in [0.717, 1.165) is 17.6 Å². The number of fused-ring (bicyclic) bond motifs is 1. The Hall–Kier alpha value is -2.62. The van der Waals surface area contributed by atoms with Gasteiger partial charge in [0, 0.05) is 13.1 Å². The number of para-hydroxylation sites is 2. The van der Waals surface area contributed by atoms with Crippen LogP contribution < -0.4 is 0 Å². The summed E-state index contributed by atoms with van der Waals surface area (Å²) in [4.78, 5) is 19.3. The van der Waals surface area contributed by atoms with Crippen molar-refractivity contribution in [2.24, 2.45) is 5.92 Å². The number of carbonyl (C=O) groups excluding carboxylic acids is 1. The first-order valence-corrected chi connectivity index (χ1v) is 8.51. The van der Waals surface area contributed by atoms with Crippen molar-refractivity contribution in [2.75, 3.05) is 6.54 Å². The van der Waals surface area contributed by atoms with E-state index >= 15 is 0 Å². The smallest absolute Gasteiger partial charge is 0.242 e. The average Bonchev–Trinajstić information content (AvgIpc) is 3.35. The maximum atomic E-state index is 12.9. The second kappa shape index (κ2) is 6.48. The Morgan fingerprint density at radius 2 is 1.83 bits per heavy atom. The minimum Gasteiger partial charge on any atom is -0.337 e. The van der Waals surface area contributed by atoms with Crippen molar-refractivity contribution < 1.29 is 4.79 Å². The highest BCUT2D eigenvalue weighted by molar-refractivity contribution is 5.80. The van der Waals surface area contributed by atoms with Gasteiger partial charge in [-0.05, 0) is 36.5 Å². The van der Waals surface area contributed by atoms with E-state index in [9.17, 15) is 4.79 Å². The predicted molar refractivity (Wildman–Crippen MR) is 94.3 cm³/mol. The van der Waals surface area contributed by atoms with Gasteiger partial charge >= 0.3 is 0 Å². The van der Waals surface area contributed by atoms with Gasteiger partial charge in [0.25, 0.3) is 0 Å². The molecular weight excluding hydrogens is 298 g/mol. The summed E-state index contributed by atoms with van der Waals surface area (Å²) in [6.07, 6.45) is 4.25. The molecule has 0 atom stereocenters. The van der Waals surface area contributed by atoms with Crippen molar-refractivity contribution in [3.8, 4) is 0 Å². The number of amides is 1. The van der Waals surface area contributed by atoms with Crippen LogP contribution in [-0.2, 0) is 17.9 Å². The highest BCUT2D eigenvalue weighted by Gasteiger charge is 2.27. The number of hydrogen-bond acceptors (Lipinski definition) is 2. The molecule has 0 spiro atoms. The van der Waals surface area contributed by atoms with Crippen LogP contribution in [0.3, 0.4) is 0 Å². The molecule has 2 aromatic carbocycles. The number of benzene rings is 2. The van der Waals surface area contributed by atoms with Gasteiger partial charge in [0.2, 0.25) is 5.91 Å². The van der Waals surface area contributed by atoms with E-state index in [-0.39, 0.29) is 5.91 Å². The molecule has 1 aliphatic carbocycles. The van der Waals surface area contributed by atoms with Gasteiger partial charge in [0.15, 0.2) is 0 Å². The summed E-state index contributed by atoms with van der Waals surface area (Å²) in [6, 6.07) is 18.2. The molecule has 1 saturated carbocycles. The molecule has 24 heavy (non-hydrogen) atoms. The van der Waals surface area contributed by atoms with Crippen LogP contribution in [0.2, 0.25) is 0 Å². The van der Waals surface area contributed by atoms with Crippen LogP contribution in [0.5, 0.6) is 0 Å². The minimum atomic E-state index is 0.161. The van der Waals surface area contributed by atoms with Crippen LogP contribution in [0, 0.1) is 5.92 Å². The summed E-state index contributed by atoms with van der Waals surface area (Å²) in [5, 5.41) is 0. The molecule has 0 bridgehead atoms. The summed E-state index contributed by atoms with van der Waals surface area (Å²) in [5.74, 6) is 0.839. The molecule has 1 fully saturated rings. The van der Waals surface area contributed by atoms with Gasteiger partial charge in [-0.2, -0.15) is 0 Å². The van der Waals surface area contributed by atoms with Gasteiger partial charge in [0.1, 0.15) is 6.54 Å². The zero-order valence-corrected chi connectivity index (χ0v) is 13.6. The number of nitrogens with zero attached hydrogens (tertiary/aromatic N) is 3. The first kappa shape index (κ1) is 14.9. The van der Waals surface area contributed by atoms with E-state index in [1.807, 2.05) is 51.9 Å². The van der Waals surface area contributed by atoms with Crippen molar-refractivity contribution in [3.63, 3.8) is 0 Å². The molecule has 122 valence electrons. The minimum absolute atomic E-state index is 0.161. The second-order valence-corrected chi connectivity index (χ2v) is 6.56. The molecule has 1 amide bonds. The molecule has 0 radical (unpaired) electrons. The lowest BCUT2D eigenvalue weighted by Crippen LogP contribution is -2.35. The van der Waals surface area contributed by atoms with Crippen LogP contribution in [0.25, 0.3) is 11.0 Å². The Balaban J connectivity index is 1.52. The second-order valence-electron chi connectivity index (χ2n) is 6.56. The zero-order chi connectivity index (χ0) is 16.4. The predicted octanol–water partition coefficient (Wildman–Crippen LogP) is 3.48. The molecule has 1 heterocycles. The van der Waals surface area contributed by atoms with Crippen molar-refractivity contribution in [2.45, 2.75) is 25.9 Å². The van der Waals surface area contributed by atoms with Gasteiger partial charge in [-0.3, -0.25) is 4.79 Å². The quantitative estimate of drug-likeness (QED) is 0.698. The molecular formula is C20H21N3O. The van der Waals surface area contributed by atoms with Crippen LogP contribution in [-0.4, -0.2) is 26.9 Å². The van der Waals surface area contributed by atoms with E-state index in [1.54, 1.807) is 6.33 Å². The fourth-order valence-corrected chi connectivity index (χ4v) is 3.05. The Labute approximate surface area is 141 Å². The van der Waals surface area contributed by atoms with Crippen molar-refractivity contribution in [1.29, 1.82) is 0 Å². The number of hydrogen-bond donors (Lipinski definition) is 0. The highest BCUT2D eigenvalue weighted by Crippen LogP contribution is 2.30. The first-order chi connectivity index (χ1) is 11.8. The van der Waals surface area contributed by atoms with Crippen LogP contribution >= 0.6 is 0 Å². The average molecular weight is 319 g/mol. The molecule has 4 heteroatoms. The highest BCUT2D eigenvalue weighted by atomic mass is 16.2. The van der Waals surface area contributed by atoms with Gasteiger partial charge in [0.05, 0.1) is 17.4 Å². The van der Waals surface area contributed by atoms with Gasteiger partial charge in [-0.1, -0.05) is 42.5 Å². The van der Waals surface area contributed by atoms with Crippen LogP contribution in [0.15, 0.2) is 60.9 Å². The standard InChI is InChI=1S/C20H21N3O/c24-20(14-23-15-21-18-8-4-5-9-19(18)23)22(13-17-10-11-17)12-16-6-2-1-3-7-16/h1-9,15,17H,10-14H2.